The highest BCUT2D eigenvalue weighted by Crippen LogP contribution is 2.44. The zero-order valence-electron chi connectivity index (χ0n) is 18.1. The second-order valence-corrected chi connectivity index (χ2v) is 8.31. The summed E-state index contributed by atoms with van der Waals surface area (Å²) < 4.78 is 0. The summed E-state index contributed by atoms with van der Waals surface area (Å²) in [6.45, 7) is 2.15. The molecule has 2 N–H and O–H groups in total. The molecule has 4 atom stereocenters. The van der Waals surface area contributed by atoms with Gasteiger partial charge in [-0.15, -0.1) is 0 Å². The number of carboxylic acid groups (broad SMARTS) is 1. The van der Waals surface area contributed by atoms with E-state index in [9.17, 15) is 14.7 Å². The van der Waals surface area contributed by atoms with Crippen molar-refractivity contribution in [1.29, 1.82) is 0 Å². The Labute approximate surface area is 180 Å². The van der Waals surface area contributed by atoms with Crippen molar-refractivity contribution in [2.75, 3.05) is 0 Å². The quantitative estimate of drug-likeness (QED) is 0.323. The standard InChI is InChI=1S/C26H36O4/c1-2-3-7-14-21(27)17-18-22-23(15-10-4-5-11-16-26(29)30)25(28)19-24(22)20-12-8-6-9-13-20/h4,6,8-10,12-13,17-18,21-24,27H,2-3,5,7,11,14-16,19H2,1H3,(H,29,30). The molecule has 4 heteroatoms. The van der Waals surface area contributed by atoms with Gasteiger partial charge in [0.2, 0.25) is 0 Å². The van der Waals surface area contributed by atoms with Gasteiger partial charge in [-0.3, -0.25) is 9.59 Å². The van der Waals surface area contributed by atoms with Crippen molar-refractivity contribution in [3.05, 3.63) is 60.2 Å². The first kappa shape index (κ1) is 24.1. The molecule has 0 spiro atoms. The largest absolute Gasteiger partial charge is 0.481 e. The number of aliphatic hydroxyl groups excluding tert-OH is 1. The van der Waals surface area contributed by atoms with Crippen molar-refractivity contribution in [2.24, 2.45) is 11.8 Å². The van der Waals surface area contributed by atoms with Crippen molar-refractivity contribution in [2.45, 2.75) is 76.7 Å². The predicted octanol–water partition coefficient (Wildman–Crippen LogP) is 5.67. The Kier molecular flexibility index (Phi) is 10.6. The molecular weight excluding hydrogens is 376 g/mol. The molecule has 30 heavy (non-hydrogen) atoms. The molecule has 1 aliphatic rings. The topological polar surface area (TPSA) is 74.6 Å². The van der Waals surface area contributed by atoms with Gasteiger partial charge in [0.25, 0.3) is 0 Å². The minimum absolute atomic E-state index is 0.0735. The van der Waals surface area contributed by atoms with E-state index >= 15 is 0 Å². The number of carbonyl (C=O) groups is 2. The third-order valence-electron chi connectivity index (χ3n) is 5.97. The summed E-state index contributed by atoms with van der Waals surface area (Å²) in [6.07, 6.45) is 14.2. The molecule has 1 fully saturated rings. The van der Waals surface area contributed by atoms with Crippen molar-refractivity contribution in [3.8, 4) is 0 Å². The maximum absolute atomic E-state index is 12.8. The highest BCUT2D eigenvalue weighted by atomic mass is 16.4. The molecule has 1 aliphatic carbocycles. The van der Waals surface area contributed by atoms with Crippen LogP contribution in [0.5, 0.6) is 0 Å². The number of allylic oxidation sites excluding steroid dienone is 3. The molecule has 0 heterocycles. The van der Waals surface area contributed by atoms with Crippen LogP contribution in [0.15, 0.2) is 54.6 Å². The first-order valence-electron chi connectivity index (χ1n) is 11.3. The van der Waals surface area contributed by atoms with E-state index in [-0.39, 0.29) is 30.0 Å². The molecule has 0 saturated heterocycles. The van der Waals surface area contributed by atoms with Crippen LogP contribution < -0.4 is 0 Å². The summed E-state index contributed by atoms with van der Waals surface area (Å²) >= 11 is 0. The van der Waals surface area contributed by atoms with E-state index in [1.54, 1.807) is 0 Å². The first-order valence-corrected chi connectivity index (χ1v) is 11.3. The Bertz CT molecular complexity index is 707. The number of ketones is 1. The van der Waals surface area contributed by atoms with Gasteiger partial charge in [0, 0.05) is 18.8 Å². The third kappa shape index (κ3) is 7.91. The van der Waals surface area contributed by atoms with Gasteiger partial charge < -0.3 is 10.2 Å². The van der Waals surface area contributed by atoms with Crippen LogP contribution in [0.1, 0.15) is 76.2 Å². The maximum atomic E-state index is 12.8. The lowest BCUT2D eigenvalue weighted by atomic mass is 9.82. The molecule has 1 aromatic rings. The monoisotopic (exact) mass is 412 g/mol. The average Bonchev–Trinajstić information content (AvgIpc) is 3.05. The number of carboxylic acids is 1. The molecule has 0 aromatic heterocycles. The number of hydrogen-bond donors (Lipinski definition) is 2. The van der Waals surface area contributed by atoms with Crippen LogP contribution in [0.2, 0.25) is 0 Å². The fourth-order valence-electron chi connectivity index (χ4n) is 4.28. The number of carbonyl (C=O) groups excluding carboxylic acids is 1. The number of rotatable bonds is 13. The van der Waals surface area contributed by atoms with Crippen LogP contribution in [0.4, 0.5) is 0 Å². The summed E-state index contributed by atoms with van der Waals surface area (Å²) in [6, 6.07) is 10.2. The summed E-state index contributed by atoms with van der Waals surface area (Å²) in [7, 11) is 0. The van der Waals surface area contributed by atoms with Crippen LogP contribution in [0.3, 0.4) is 0 Å². The minimum Gasteiger partial charge on any atom is -0.481 e. The molecular formula is C26H36O4. The molecule has 4 unspecified atom stereocenters. The van der Waals surface area contributed by atoms with Gasteiger partial charge in [-0.25, -0.2) is 0 Å². The van der Waals surface area contributed by atoms with Gasteiger partial charge in [0.1, 0.15) is 5.78 Å². The second kappa shape index (κ2) is 13.2. The minimum atomic E-state index is -0.775. The van der Waals surface area contributed by atoms with Gasteiger partial charge in [0.05, 0.1) is 6.10 Å². The summed E-state index contributed by atoms with van der Waals surface area (Å²) in [4.78, 5) is 23.4. The number of benzene rings is 1. The number of unbranched alkanes of at least 4 members (excludes halogenated alkanes) is 3. The molecule has 164 valence electrons. The molecule has 0 bridgehead atoms. The molecule has 1 aromatic carbocycles. The number of aliphatic hydroxyl groups is 1. The predicted molar refractivity (Wildman–Crippen MR) is 120 cm³/mol. The van der Waals surface area contributed by atoms with E-state index in [0.717, 1.165) is 25.7 Å². The summed E-state index contributed by atoms with van der Waals surface area (Å²) in [5, 5.41) is 19.1. The maximum Gasteiger partial charge on any atom is 0.303 e. The van der Waals surface area contributed by atoms with E-state index in [2.05, 4.69) is 25.1 Å². The third-order valence-corrected chi connectivity index (χ3v) is 5.97. The molecule has 1 saturated carbocycles. The Balaban J connectivity index is 2.06. The van der Waals surface area contributed by atoms with Crippen LogP contribution in [0, 0.1) is 11.8 Å². The second-order valence-electron chi connectivity index (χ2n) is 8.31. The van der Waals surface area contributed by atoms with Gasteiger partial charge in [-0.2, -0.15) is 0 Å². The van der Waals surface area contributed by atoms with Crippen molar-refractivity contribution in [1.82, 2.24) is 0 Å². The number of hydrogen-bond acceptors (Lipinski definition) is 3. The Hall–Kier alpha value is -2.20. The SMILES string of the molecule is CCCCCC(O)C=CC1C(CC=CCCCC(=O)O)C(=O)CC1c1ccccc1. The molecule has 0 aliphatic heterocycles. The Morgan fingerprint density at radius 1 is 1.17 bits per heavy atom. The van der Waals surface area contributed by atoms with E-state index < -0.39 is 12.1 Å². The van der Waals surface area contributed by atoms with Crippen LogP contribution in [-0.2, 0) is 9.59 Å². The summed E-state index contributed by atoms with van der Waals surface area (Å²) in [5.74, 6) is -0.380. The van der Waals surface area contributed by atoms with Gasteiger partial charge in [-0.05, 0) is 43.1 Å². The van der Waals surface area contributed by atoms with Gasteiger partial charge in [-0.1, -0.05) is 80.8 Å². The van der Waals surface area contributed by atoms with E-state index in [1.807, 2.05) is 36.4 Å². The number of aliphatic carboxylic acids is 1. The zero-order valence-corrected chi connectivity index (χ0v) is 18.1. The van der Waals surface area contributed by atoms with Crippen LogP contribution >= 0.6 is 0 Å². The molecule has 2 rings (SSSR count). The summed E-state index contributed by atoms with van der Waals surface area (Å²) in [5.41, 5.74) is 1.17. The van der Waals surface area contributed by atoms with Crippen molar-refractivity contribution < 1.29 is 19.8 Å². The zero-order chi connectivity index (χ0) is 21.8. The highest BCUT2D eigenvalue weighted by molar-refractivity contribution is 5.85. The van der Waals surface area contributed by atoms with E-state index in [4.69, 9.17) is 5.11 Å². The van der Waals surface area contributed by atoms with Crippen molar-refractivity contribution >= 4 is 11.8 Å². The van der Waals surface area contributed by atoms with Gasteiger partial charge in [0.15, 0.2) is 0 Å². The average molecular weight is 413 g/mol. The Morgan fingerprint density at radius 2 is 1.93 bits per heavy atom. The lowest BCUT2D eigenvalue weighted by molar-refractivity contribution is -0.137. The lowest BCUT2D eigenvalue weighted by Gasteiger charge is -2.21. The first-order chi connectivity index (χ1) is 14.5. The van der Waals surface area contributed by atoms with Gasteiger partial charge >= 0.3 is 5.97 Å². The van der Waals surface area contributed by atoms with E-state index in [0.29, 0.717) is 25.7 Å². The fraction of sp³-hybridized carbons (Fsp3) is 0.538. The van der Waals surface area contributed by atoms with Crippen molar-refractivity contribution in [3.63, 3.8) is 0 Å². The van der Waals surface area contributed by atoms with Crippen LogP contribution in [0.25, 0.3) is 0 Å². The number of Topliss-reactive ketones (excluding diaryl/α,β-unsaturated/α-hetero) is 1. The normalized spacial score (nSPS) is 22.9. The highest BCUT2D eigenvalue weighted by Gasteiger charge is 2.40. The Morgan fingerprint density at radius 3 is 2.63 bits per heavy atom. The lowest BCUT2D eigenvalue weighted by Crippen LogP contribution is -2.15. The molecule has 0 amide bonds. The smallest absolute Gasteiger partial charge is 0.303 e. The molecule has 4 nitrogen and oxygen atoms in total. The van der Waals surface area contributed by atoms with Crippen LogP contribution in [-0.4, -0.2) is 28.1 Å². The van der Waals surface area contributed by atoms with E-state index in [1.165, 1.54) is 5.56 Å². The molecule has 0 radical (unpaired) electrons. The fourth-order valence-corrected chi connectivity index (χ4v) is 4.28.